The molecule has 5 heteroatoms. The fourth-order valence-electron chi connectivity index (χ4n) is 4.59. The molecule has 1 fully saturated rings. The predicted molar refractivity (Wildman–Crippen MR) is 119 cm³/mol. The van der Waals surface area contributed by atoms with Gasteiger partial charge in [0.05, 0.1) is 17.9 Å². The molecule has 1 saturated carbocycles. The number of nitrogens with zero attached hydrogens (tertiary/aromatic N) is 1. The number of allylic oxidation sites excluding steroid dienone is 3. The van der Waals surface area contributed by atoms with Crippen LogP contribution in [0.1, 0.15) is 70.3 Å². The van der Waals surface area contributed by atoms with E-state index in [0.29, 0.717) is 13.2 Å². The minimum absolute atomic E-state index is 0.0152. The smallest absolute Gasteiger partial charge is 0.335 e. The van der Waals surface area contributed by atoms with Gasteiger partial charge in [0.25, 0.3) is 0 Å². The molecule has 2 aliphatic rings. The predicted octanol–water partition coefficient (Wildman–Crippen LogP) is 5.93. The highest BCUT2D eigenvalue weighted by atomic mass is 16.6. The average Bonchev–Trinajstić information content (AvgIpc) is 2.69. The molecule has 1 N–H and O–H groups in total. The number of carboxylic acid groups (broad SMARTS) is 1. The lowest BCUT2D eigenvalue weighted by Crippen LogP contribution is -2.44. The molecule has 3 rings (SSSR count). The van der Waals surface area contributed by atoms with Crippen LogP contribution >= 0.6 is 0 Å². The molecule has 162 valence electrons. The zero-order valence-corrected chi connectivity index (χ0v) is 18.9. The second-order valence-corrected chi connectivity index (χ2v) is 9.35. The number of carboxylic acids is 1. The molecule has 0 aliphatic heterocycles. The van der Waals surface area contributed by atoms with Crippen LogP contribution < -0.4 is 0 Å². The molecule has 5 nitrogen and oxygen atoms in total. The Balaban J connectivity index is 2.27. The first kappa shape index (κ1) is 22.1. The van der Waals surface area contributed by atoms with Gasteiger partial charge in [0.1, 0.15) is 12.4 Å². The van der Waals surface area contributed by atoms with E-state index in [-0.39, 0.29) is 22.3 Å². The molecule has 2 aliphatic carbocycles. The lowest BCUT2D eigenvalue weighted by molar-refractivity contribution is 0.0697. The maximum Gasteiger partial charge on any atom is 0.335 e. The maximum absolute atomic E-state index is 11.3. The summed E-state index contributed by atoms with van der Waals surface area (Å²) in [6, 6.07) is 6.92. The van der Waals surface area contributed by atoms with Crippen molar-refractivity contribution in [1.29, 1.82) is 0 Å². The summed E-state index contributed by atoms with van der Waals surface area (Å²) in [5, 5.41) is 13.9. The van der Waals surface area contributed by atoms with Gasteiger partial charge < -0.3 is 14.7 Å². The third-order valence-corrected chi connectivity index (χ3v) is 6.34. The molecule has 30 heavy (non-hydrogen) atoms. The minimum atomic E-state index is -0.940. The standard InChI is InChI=1S/C25H33NO4/c1-7-29-19-15-18-21(25(5,6)14-13-24(18,3)4)22(26-30-8-2)20(19)16-9-11-17(12-10-16)23(27)28/h9-12,15,21H,7-8,13-14H2,1-6H3,(H,27,28). The van der Waals surface area contributed by atoms with Gasteiger partial charge in [0.2, 0.25) is 0 Å². The molecule has 1 aromatic rings. The van der Waals surface area contributed by atoms with Crippen LogP contribution in [0.3, 0.4) is 0 Å². The number of aromatic carboxylic acids is 1. The Morgan fingerprint density at radius 3 is 2.33 bits per heavy atom. The molecule has 0 bridgehead atoms. The molecular weight excluding hydrogens is 378 g/mol. The highest BCUT2D eigenvalue weighted by molar-refractivity contribution is 6.27. The van der Waals surface area contributed by atoms with Gasteiger partial charge in [-0.2, -0.15) is 0 Å². The Labute approximate surface area is 179 Å². The van der Waals surface area contributed by atoms with E-state index >= 15 is 0 Å². The van der Waals surface area contributed by atoms with Gasteiger partial charge >= 0.3 is 5.97 Å². The zero-order valence-electron chi connectivity index (χ0n) is 18.9. The second kappa shape index (κ2) is 8.29. The molecule has 0 saturated heterocycles. The van der Waals surface area contributed by atoms with E-state index in [4.69, 9.17) is 9.57 Å². The van der Waals surface area contributed by atoms with E-state index in [9.17, 15) is 9.90 Å². The van der Waals surface area contributed by atoms with E-state index in [0.717, 1.165) is 35.4 Å². The number of hydrogen-bond acceptors (Lipinski definition) is 4. The Kier molecular flexibility index (Phi) is 6.11. The van der Waals surface area contributed by atoms with Crippen LogP contribution in [0.25, 0.3) is 5.57 Å². The summed E-state index contributed by atoms with van der Waals surface area (Å²) in [4.78, 5) is 16.9. The van der Waals surface area contributed by atoms with Crippen molar-refractivity contribution in [2.45, 2.75) is 54.4 Å². The molecule has 0 spiro atoms. The first-order valence-electron chi connectivity index (χ1n) is 10.8. The fourth-order valence-corrected chi connectivity index (χ4v) is 4.59. The van der Waals surface area contributed by atoms with Crippen molar-refractivity contribution in [3.8, 4) is 0 Å². The van der Waals surface area contributed by atoms with Crippen LogP contribution in [0.2, 0.25) is 0 Å². The van der Waals surface area contributed by atoms with Crippen molar-refractivity contribution in [2.24, 2.45) is 21.9 Å². The topological polar surface area (TPSA) is 68.1 Å². The van der Waals surface area contributed by atoms with Gasteiger partial charge in [-0.1, -0.05) is 50.6 Å². The normalized spacial score (nSPS) is 23.6. The van der Waals surface area contributed by atoms with Crippen LogP contribution in [-0.4, -0.2) is 30.0 Å². The van der Waals surface area contributed by atoms with Gasteiger partial charge in [-0.05, 0) is 61.3 Å². The summed E-state index contributed by atoms with van der Waals surface area (Å²) in [6.45, 7) is 14.1. The number of benzene rings is 1. The van der Waals surface area contributed by atoms with Crippen LogP contribution in [0.4, 0.5) is 0 Å². The molecule has 0 heterocycles. The van der Waals surface area contributed by atoms with Gasteiger partial charge in [-0.15, -0.1) is 0 Å². The fraction of sp³-hybridized carbons (Fsp3) is 0.520. The minimum Gasteiger partial charge on any atom is -0.493 e. The summed E-state index contributed by atoms with van der Waals surface area (Å²) in [5.74, 6) is -0.0630. The molecule has 0 aromatic heterocycles. The van der Waals surface area contributed by atoms with Crippen LogP contribution in [0, 0.1) is 16.7 Å². The Bertz CT molecular complexity index is 904. The summed E-state index contributed by atoms with van der Waals surface area (Å²) >= 11 is 0. The zero-order chi connectivity index (χ0) is 22.1. The van der Waals surface area contributed by atoms with Crippen molar-refractivity contribution in [1.82, 2.24) is 0 Å². The summed E-state index contributed by atoms with van der Waals surface area (Å²) in [7, 11) is 0. The number of fused-ring (bicyclic) bond motifs is 1. The van der Waals surface area contributed by atoms with E-state index in [2.05, 4.69) is 38.9 Å². The van der Waals surface area contributed by atoms with Crippen LogP contribution in [0.15, 0.2) is 46.8 Å². The molecule has 1 aromatic carbocycles. The third-order valence-electron chi connectivity index (χ3n) is 6.34. The van der Waals surface area contributed by atoms with E-state index in [1.807, 2.05) is 26.0 Å². The van der Waals surface area contributed by atoms with Crippen molar-refractivity contribution in [2.75, 3.05) is 13.2 Å². The lowest BCUT2D eigenvalue weighted by Gasteiger charge is -2.50. The summed E-state index contributed by atoms with van der Waals surface area (Å²) < 4.78 is 6.10. The van der Waals surface area contributed by atoms with Gasteiger partial charge in [-0.25, -0.2) is 4.79 Å². The van der Waals surface area contributed by atoms with Gasteiger partial charge in [0.15, 0.2) is 0 Å². The third kappa shape index (κ3) is 4.03. The average molecular weight is 412 g/mol. The molecule has 0 radical (unpaired) electrons. The number of ether oxygens (including phenoxy) is 1. The Morgan fingerprint density at radius 1 is 1.10 bits per heavy atom. The highest BCUT2D eigenvalue weighted by Crippen LogP contribution is 2.56. The highest BCUT2D eigenvalue weighted by Gasteiger charge is 2.49. The molecular formula is C25H33NO4. The largest absolute Gasteiger partial charge is 0.493 e. The summed E-state index contributed by atoms with van der Waals surface area (Å²) in [6.07, 6.45) is 4.38. The Hall–Kier alpha value is -2.56. The number of carbonyl (C=O) groups is 1. The maximum atomic E-state index is 11.3. The molecule has 1 unspecified atom stereocenters. The quantitative estimate of drug-likeness (QED) is 0.589. The molecule has 0 amide bonds. The monoisotopic (exact) mass is 411 g/mol. The number of hydrogen-bond donors (Lipinski definition) is 1. The summed E-state index contributed by atoms with van der Waals surface area (Å²) in [5.41, 5.74) is 4.28. The lowest BCUT2D eigenvalue weighted by atomic mass is 9.54. The number of rotatable bonds is 6. The van der Waals surface area contributed by atoms with Crippen molar-refractivity contribution in [3.63, 3.8) is 0 Å². The van der Waals surface area contributed by atoms with Crippen molar-refractivity contribution in [3.05, 3.63) is 52.8 Å². The van der Waals surface area contributed by atoms with Crippen LogP contribution in [0.5, 0.6) is 0 Å². The van der Waals surface area contributed by atoms with Crippen molar-refractivity contribution >= 4 is 17.3 Å². The SMILES string of the molecule is CCON=C1C(c2ccc(C(=O)O)cc2)=C(OCC)C=C2C1C(C)(C)CCC2(C)C. The molecule has 1 atom stereocenters. The number of oxime groups is 1. The Morgan fingerprint density at radius 2 is 1.77 bits per heavy atom. The van der Waals surface area contributed by atoms with E-state index in [1.165, 1.54) is 5.57 Å². The first-order valence-corrected chi connectivity index (χ1v) is 10.8. The first-order chi connectivity index (χ1) is 14.1. The van der Waals surface area contributed by atoms with Gasteiger partial charge in [0, 0.05) is 11.5 Å². The van der Waals surface area contributed by atoms with Crippen molar-refractivity contribution < 1.29 is 19.5 Å². The van der Waals surface area contributed by atoms with Gasteiger partial charge in [-0.3, -0.25) is 0 Å². The van der Waals surface area contributed by atoms with E-state index in [1.54, 1.807) is 12.1 Å². The van der Waals surface area contributed by atoms with Crippen LogP contribution in [-0.2, 0) is 9.57 Å². The van der Waals surface area contributed by atoms with E-state index < -0.39 is 5.97 Å². The second-order valence-electron chi connectivity index (χ2n) is 9.35.